The molecule has 0 saturated carbocycles. The number of nitrogens with zero attached hydrogens (tertiary/aromatic N) is 1. The van der Waals surface area contributed by atoms with Gasteiger partial charge in [0.2, 0.25) is 0 Å². The Kier molecular flexibility index (Phi) is 7.85. The van der Waals surface area contributed by atoms with Gasteiger partial charge in [0.1, 0.15) is 26.2 Å². The Morgan fingerprint density at radius 1 is 0.967 bits per heavy atom. The second kappa shape index (κ2) is 10.6. The maximum Gasteiger partial charge on any atom is 0.279 e. The molecule has 3 N–H and O–H groups in total. The average molecular weight is 431 g/mol. The minimum Gasteiger partial charge on any atom is -0.334 e. The molecule has 1 atom stereocenters. The van der Waals surface area contributed by atoms with Crippen LogP contribution in [0.5, 0.6) is 0 Å². The van der Waals surface area contributed by atoms with Gasteiger partial charge in [0.25, 0.3) is 11.8 Å². The third kappa shape index (κ3) is 6.05. The molecule has 1 aliphatic rings. The molecule has 2 amide bonds. The van der Waals surface area contributed by atoms with Gasteiger partial charge in [0.05, 0.1) is 16.8 Å². The number of halogens is 1. The monoisotopic (exact) mass is 430 g/mol. The van der Waals surface area contributed by atoms with Crippen LogP contribution in [0.15, 0.2) is 54.6 Å². The Morgan fingerprint density at radius 2 is 1.53 bits per heavy atom. The Balaban J connectivity index is 1.42. The van der Waals surface area contributed by atoms with Crippen LogP contribution in [-0.4, -0.2) is 63.0 Å². The second-order valence-electron chi connectivity index (χ2n) is 7.97. The van der Waals surface area contributed by atoms with E-state index >= 15 is 0 Å². The van der Waals surface area contributed by atoms with Crippen molar-refractivity contribution in [1.29, 1.82) is 0 Å². The molecule has 2 aromatic rings. The van der Waals surface area contributed by atoms with Crippen LogP contribution < -0.4 is 15.1 Å². The van der Waals surface area contributed by atoms with Crippen molar-refractivity contribution in [3.63, 3.8) is 0 Å². The normalized spacial score (nSPS) is 19.7. The van der Waals surface area contributed by atoms with Crippen molar-refractivity contribution < 1.29 is 19.4 Å². The highest BCUT2D eigenvalue weighted by molar-refractivity contribution is 6.33. The lowest BCUT2D eigenvalue weighted by Crippen LogP contribution is -3.28. The molecule has 3 rings (SSSR count). The highest BCUT2D eigenvalue weighted by Crippen LogP contribution is 2.20. The zero-order valence-electron chi connectivity index (χ0n) is 17.7. The Morgan fingerprint density at radius 3 is 2.17 bits per heavy atom. The molecule has 6 nitrogen and oxygen atoms in total. The molecule has 0 unspecified atom stereocenters. The fourth-order valence-corrected chi connectivity index (χ4v) is 3.99. The van der Waals surface area contributed by atoms with Crippen molar-refractivity contribution in [3.8, 4) is 0 Å². The van der Waals surface area contributed by atoms with Gasteiger partial charge in [0.15, 0.2) is 13.1 Å². The van der Waals surface area contributed by atoms with Crippen LogP contribution in [0.25, 0.3) is 0 Å². The number of benzene rings is 2. The lowest BCUT2D eigenvalue weighted by Gasteiger charge is -2.31. The van der Waals surface area contributed by atoms with Crippen molar-refractivity contribution in [3.05, 3.63) is 65.2 Å². The van der Waals surface area contributed by atoms with E-state index in [9.17, 15) is 9.59 Å². The molecule has 1 aliphatic heterocycles. The topological polar surface area (TPSA) is 58.3 Å². The summed E-state index contributed by atoms with van der Waals surface area (Å²) in [7, 11) is 1.87. The third-order valence-electron chi connectivity index (χ3n) is 5.88. The summed E-state index contributed by atoms with van der Waals surface area (Å²) in [5, 5.41) is 3.43. The van der Waals surface area contributed by atoms with Crippen molar-refractivity contribution in [2.45, 2.75) is 13.0 Å². The molecule has 1 saturated heterocycles. The molecule has 1 fully saturated rings. The van der Waals surface area contributed by atoms with E-state index in [2.05, 4.69) is 24.4 Å². The number of nitrogens with one attached hydrogen (secondary N) is 3. The Labute approximate surface area is 183 Å². The maximum atomic E-state index is 12.7. The van der Waals surface area contributed by atoms with Gasteiger partial charge in [-0.1, -0.05) is 54.1 Å². The molecule has 0 aliphatic carbocycles. The average Bonchev–Trinajstić information content (AvgIpc) is 2.76. The van der Waals surface area contributed by atoms with Crippen molar-refractivity contribution in [1.82, 2.24) is 4.90 Å². The lowest BCUT2D eigenvalue weighted by molar-refractivity contribution is -1.00. The Bertz CT molecular complexity index is 853. The largest absolute Gasteiger partial charge is 0.334 e. The molecule has 30 heavy (non-hydrogen) atoms. The maximum absolute atomic E-state index is 12.7. The smallest absolute Gasteiger partial charge is 0.279 e. The van der Waals surface area contributed by atoms with Gasteiger partial charge in [-0.25, -0.2) is 0 Å². The van der Waals surface area contributed by atoms with E-state index in [1.807, 2.05) is 42.3 Å². The van der Waals surface area contributed by atoms with Crippen LogP contribution in [0.2, 0.25) is 5.02 Å². The van der Waals surface area contributed by atoms with Gasteiger partial charge >= 0.3 is 0 Å². The molecular formula is C23H31ClN4O2+2. The summed E-state index contributed by atoms with van der Waals surface area (Å²) in [6.07, 6.45) is 0. The van der Waals surface area contributed by atoms with Gasteiger partial charge in [-0.2, -0.15) is 0 Å². The van der Waals surface area contributed by atoms with Crippen molar-refractivity contribution >= 4 is 29.1 Å². The molecule has 7 heteroatoms. The first kappa shape index (κ1) is 22.3. The van der Waals surface area contributed by atoms with E-state index < -0.39 is 0 Å². The summed E-state index contributed by atoms with van der Waals surface area (Å²) in [5.41, 5.74) is 1.79. The predicted molar refractivity (Wildman–Crippen MR) is 119 cm³/mol. The van der Waals surface area contributed by atoms with E-state index in [1.54, 1.807) is 12.1 Å². The minimum atomic E-state index is -0.0333. The highest BCUT2D eigenvalue weighted by atomic mass is 35.5. The fraction of sp³-hybridized carbons (Fsp3) is 0.391. The van der Waals surface area contributed by atoms with Crippen LogP contribution in [-0.2, 0) is 9.59 Å². The van der Waals surface area contributed by atoms with E-state index in [4.69, 9.17) is 11.6 Å². The molecule has 160 valence electrons. The standard InChI is InChI=1S/C23H29ClN4O2/c1-18(19-8-4-3-5-9-19)26(2)23(30)17-28-14-12-27(13-15-28)16-22(29)25-21-11-7-6-10-20(21)24/h3-11,18H,12-17H2,1-2H3,(H,25,29)/p+2/t18-/m1/s1. The van der Waals surface area contributed by atoms with Gasteiger partial charge in [-0.15, -0.1) is 0 Å². The molecule has 0 aromatic heterocycles. The first-order valence-corrected chi connectivity index (χ1v) is 10.8. The molecule has 2 aromatic carbocycles. The number of likely N-dealkylation sites (N-methyl/N-ethyl adjacent to an activating group) is 1. The van der Waals surface area contributed by atoms with Gasteiger partial charge in [0, 0.05) is 7.05 Å². The Hall–Kier alpha value is -2.41. The van der Waals surface area contributed by atoms with Gasteiger partial charge in [-0.3, -0.25) is 9.59 Å². The molecule has 0 spiro atoms. The minimum absolute atomic E-state index is 0.0333. The number of anilines is 1. The highest BCUT2D eigenvalue weighted by Gasteiger charge is 2.28. The number of quaternary nitrogens is 2. The zero-order chi connectivity index (χ0) is 21.5. The summed E-state index contributed by atoms with van der Waals surface area (Å²) in [6.45, 7) is 6.47. The van der Waals surface area contributed by atoms with E-state index in [0.717, 1.165) is 31.7 Å². The van der Waals surface area contributed by atoms with Crippen LogP contribution >= 0.6 is 11.6 Å². The molecule has 1 heterocycles. The number of carbonyl (C=O) groups is 2. The van der Waals surface area contributed by atoms with Crippen LogP contribution in [0.3, 0.4) is 0 Å². The number of carbonyl (C=O) groups excluding carboxylic acids is 2. The van der Waals surface area contributed by atoms with E-state index in [0.29, 0.717) is 23.8 Å². The first-order valence-electron chi connectivity index (χ1n) is 10.5. The van der Waals surface area contributed by atoms with Gasteiger partial charge < -0.3 is 20.0 Å². The number of piperazine rings is 1. The molecule has 0 radical (unpaired) electrons. The number of rotatable bonds is 7. The third-order valence-corrected chi connectivity index (χ3v) is 6.21. The predicted octanol–water partition coefficient (Wildman–Crippen LogP) is 0.282. The van der Waals surface area contributed by atoms with Crippen molar-refractivity contribution in [2.75, 3.05) is 51.6 Å². The summed E-state index contributed by atoms with van der Waals surface area (Å²) in [6, 6.07) is 17.4. The van der Waals surface area contributed by atoms with Crippen LogP contribution in [0.1, 0.15) is 18.5 Å². The van der Waals surface area contributed by atoms with E-state index in [1.165, 1.54) is 9.80 Å². The zero-order valence-corrected chi connectivity index (χ0v) is 18.4. The summed E-state index contributed by atoms with van der Waals surface area (Å²) < 4.78 is 0. The quantitative estimate of drug-likeness (QED) is 0.591. The number of hydrogen-bond donors (Lipinski definition) is 3. The van der Waals surface area contributed by atoms with Crippen molar-refractivity contribution in [2.24, 2.45) is 0 Å². The molecule has 0 bridgehead atoms. The molecular weight excluding hydrogens is 400 g/mol. The summed E-state index contributed by atoms with van der Waals surface area (Å²) >= 11 is 6.10. The van der Waals surface area contributed by atoms with Gasteiger partial charge in [-0.05, 0) is 24.6 Å². The number of para-hydroxylation sites is 1. The number of hydrogen-bond acceptors (Lipinski definition) is 2. The summed E-state index contributed by atoms with van der Waals surface area (Å²) in [5.74, 6) is 0.121. The lowest BCUT2D eigenvalue weighted by atomic mass is 10.1. The SMILES string of the molecule is C[C@H](c1ccccc1)N(C)C(=O)C[NH+]1CC[NH+](CC(=O)Nc2ccccc2Cl)CC1. The number of amides is 2. The van der Waals surface area contributed by atoms with E-state index in [-0.39, 0.29) is 17.9 Å². The fourth-order valence-electron chi connectivity index (χ4n) is 3.80. The second-order valence-corrected chi connectivity index (χ2v) is 8.38. The van der Waals surface area contributed by atoms with Crippen LogP contribution in [0.4, 0.5) is 5.69 Å². The first-order chi connectivity index (χ1) is 14.4. The summed E-state index contributed by atoms with van der Waals surface area (Å²) in [4.78, 5) is 29.4. The van der Waals surface area contributed by atoms with Crippen LogP contribution in [0, 0.1) is 0 Å².